The van der Waals surface area contributed by atoms with Crippen molar-refractivity contribution in [3.63, 3.8) is 0 Å². The Kier molecular flexibility index (Phi) is 4.92. The van der Waals surface area contributed by atoms with E-state index in [4.69, 9.17) is 23.2 Å². The fraction of sp³-hybridized carbons (Fsp3) is 0.235. The summed E-state index contributed by atoms with van der Waals surface area (Å²) in [5, 5.41) is 24.0. The van der Waals surface area contributed by atoms with E-state index >= 15 is 0 Å². The second-order valence-corrected chi connectivity index (χ2v) is 6.69. The lowest BCUT2D eigenvalue weighted by molar-refractivity contribution is -0.355. The van der Waals surface area contributed by atoms with Gasteiger partial charge >= 0.3 is 12.0 Å². The van der Waals surface area contributed by atoms with Crippen LogP contribution in [0.25, 0.3) is 0 Å². The zero-order chi connectivity index (χ0) is 19.1. The van der Waals surface area contributed by atoms with Gasteiger partial charge in [0.15, 0.2) is 0 Å². The molecule has 2 atom stereocenters. The van der Waals surface area contributed by atoms with Crippen molar-refractivity contribution in [3.8, 4) is 0 Å². The largest absolute Gasteiger partial charge is 0.458 e. The molecule has 2 aromatic carbocycles. The van der Waals surface area contributed by atoms with Crippen LogP contribution in [0.1, 0.15) is 29.2 Å². The number of aliphatic hydroxyl groups is 2. The van der Waals surface area contributed by atoms with Crippen molar-refractivity contribution in [2.75, 3.05) is 0 Å². The van der Waals surface area contributed by atoms with Crippen LogP contribution >= 0.6 is 23.2 Å². The highest BCUT2D eigenvalue weighted by molar-refractivity contribution is 6.34. The zero-order valence-corrected chi connectivity index (χ0v) is 14.5. The molecule has 9 heteroatoms. The highest BCUT2D eigenvalue weighted by Crippen LogP contribution is 2.39. The first-order chi connectivity index (χ1) is 12.1. The van der Waals surface area contributed by atoms with E-state index in [2.05, 4.69) is 9.99 Å². The number of rotatable bonds is 3. The quantitative estimate of drug-likeness (QED) is 0.792. The monoisotopic (exact) mass is 405 g/mol. The molecule has 0 bridgehead atoms. The molecular formula is C17H12Cl2F3NO3. The van der Waals surface area contributed by atoms with Crippen LogP contribution in [0.4, 0.5) is 13.2 Å². The third-order valence-electron chi connectivity index (χ3n) is 3.92. The van der Waals surface area contributed by atoms with Gasteiger partial charge in [-0.15, -0.1) is 0 Å². The van der Waals surface area contributed by atoms with E-state index in [1.54, 1.807) is 12.1 Å². The minimum atomic E-state index is -4.96. The Balaban J connectivity index is 1.79. The first-order valence-corrected chi connectivity index (χ1v) is 8.13. The highest BCUT2D eigenvalue weighted by atomic mass is 35.5. The summed E-state index contributed by atoms with van der Waals surface area (Å²) < 4.78 is 38.3. The first kappa shape index (κ1) is 19.0. The fourth-order valence-electron chi connectivity index (χ4n) is 2.51. The minimum absolute atomic E-state index is 0.0448. The van der Waals surface area contributed by atoms with Gasteiger partial charge in [-0.1, -0.05) is 52.6 Å². The number of oxime groups is 1. The van der Waals surface area contributed by atoms with Crippen molar-refractivity contribution in [1.29, 1.82) is 0 Å². The summed E-state index contributed by atoms with van der Waals surface area (Å²) in [6.45, 7) is 0. The molecular weight excluding hydrogens is 394 g/mol. The molecule has 138 valence electrons. The Morgan fingerprint density at radius 1 is 1.04 bits per heavy atom. The number of alkyl halides is 3. The molecule has 0 radical (unpaired) electrons. The summed E-state index contributed by atoms with van der Waals surface area (Å²) in [5.74, 6) is -3.32. The number of hydrogen-bond acceptors (Lipinski definition) is 4. The molecule has 26 heavy (non-hydrogen) atoms. The smallest absolute Gasteiger partial charge is 0.384 e. The summed E-state index contributed by atoms with van der Waals surface area (Å²) in [5.41, 5.74) is 1.25. The lowest BCUT2D eigenvalue weighted by Crippen LogP contribution is -2.45. The number of hydrogen-bond donors (Lipinski definition) is 2. The van der Waals surface area contributed by atoms with Crippen LogP contribution in [-0.2, 0) is 4.84 Å². The predicted molar refractivity (Wildman–Crippen MR) is 90.2 cm³/mol. The summed E-state index contributed by atoms with van der Waals surface area (Å²) in [7, 11) is 0. The maximum atomic E-state index is 12.8. The molecule has 0 saturated heterocycles. The Hall–Kier alpha value is -1.80. The molecule has 2 aromatic rings. The van der Waals surface area contributed by atoms with Gasteiger partial charge in [0.2, 0.25) is 0 Å². The molecule has 2 N–H and O–H groups in total. The predicted octanol–water partition coefficient (Wildman–Crippen LogP) is 4.45. The Morgan fingerprint density at radius 3 is 2.12 bits per heavy atom. The van der Waals surface area contributed by atoms with Crippen LogP contribution in [0.2, 0.25) is 10.0 Å². The lowest BCUT2D eigenvalue weighted by Gasteiger charge is -2.22. The van der Waals surface area contributed by atoms with Gasteiger partial charge in [-0.25, -0.2) is 0 Å². The highest BCUT2D eigenvalue weighted by Gasteiger charge is 2.60. The second-order valence-electron chi connectivity index (χ2n) is 5.82. The first-order valence-electron chi connectivity index (χ1n) is 7.37. The van der Waals surface area contributed by atoms with Crippen molar-refractivity contribution in [2.45, 2.75) is 24.5 Å². The second kappa shape index (κ2) is 6.74. The van der Waals surface area contributed by atoms with Crippen molar-refractivity contribution >= 4 is 28.9 Å². The van der Waals surface area contributed by atoms with Crippen LogP contribution in [0.5, 0.6) is 0 Å². The summed E-state index contributed by atoms with van der Waals surface area (Å²) >= 11 is 11.8. The fourth-order valence-corrected chi connectivity index (χ4v) is 3.06. The third-order valence-corrected chi connectivity index (χ3v) is 4.35. The van der Waals surface area contributed by atoms with Crippen molar-refractivity contribution in [1.82, 2.24) is 0 Å². The molecule has 3 rings (SSSR count). The topological polar surface area (TPSA) is 62.1 Å². The van der Waals surface area contributed by atoms with Crippen LogP contribution < -0.4 is 0 Å². The lowest BCUT2D eigenvalue weighted by atomic mass is 9.97. The summed E-state index contributed by atoms with van der Waals surface area (Å²) in [6.07, 6.45) is -6.79. The van der Waals surface area contributed by atoms with E-state index in [1.165, 1.54) is 30.3 Å². The normalized spacial score (nSPS) is 21.3. The van der Waals surface area contributed by atoms with Gasteiger partial charge in [0.05, 0.1) is 12.1 Å². The molecule has 0 saturated carbocycles. The maximum Gasteiger partial charge on any atom is 0.458 e. The minimum Gasteiger partial charge on any atom is -0.384 e. The van der Waals surface area contributed by atoms with E-state index in [0.717, 1.165) is 0 Å². The molecule has 1 aliphatic rings. The number of aliphatic hydroxyl groups excluding tert-OH is 1. The van der Waals surface area contributed by atoms with E-state index in [9.17, 15) is 23.4 Å². The summed E-state index contributed by atoms with van der Waals surface area (Å²) in [6, 6.07) is 10.7. The summed E-state index contributed by atoms with van der Waals surface area (Å²) in [4.78, 5) is 4.19. The molecule has 1 aliphatic heterocycles. The van der Waals surface area contributed by atoms with Crippen molar-refractivity contribution in [2.24, 2.45) is 5.16 Å². The number of halogens is 5. The molecule has 1 heterocycles. The Bertz CT molecular complexity index is 835. The van der Waals surface area contributed by atoms with Crippen LogP contribution in [0.15, 0.2) is 47.6 Å². The van der Waals surface area contributed by atoms with E-state index in [1.807, 2.05) is 0 Å². The van der Waals surface area contributed by atoms with Gasteiger partial charge in [-0.05, 0) is 34.9 Å². The van der Waals surface area contributed by atoms with Crippen LogP contribution in [0, 0.1) is 0 Å². The van der Waals surface area contributed by atoms with E-state index < -0.39 is 24.5 Å². The molecule has 0 fully saturated rings. The van der Waals surface area contributed by atoms with Crippen LogP contribution in [0.3, 0.4) is 0 Å². The third kappa shape index (κ3) is 3.66. The molecule has 0 spiro atoms. The number of nitrogens with zero attached hydrogens (tertiary/aromatic N) is 1. The molecule has 0 aromatic heterocycles. The average Bonchev–Trinajstić information content (AvgIpc) is 2.97. The van der Waals surface area contributed by atoms with E-state index in [-0.39, 0.29) is 5.71 Å². The zero-order valence-electron chi connectivity index (χ0n) is 13.0. The van der Waals surface area contributed by atoms with Gasteiger partial charge in [0.25, 0.3) is 0 Å². The van der Waals surface area contributed by atoms with E-state index in [0.29, 0.717) is 26.7 Å². The standard InChI is InChI=1S/C17H12Cl2F3NO3/c18-12-5-11(6-13(19)7-12)15(24)10-3-1-9(2-4-10)14-8-16(25,26-23-14)17(20,21)22/h1-7,15,24-25H,8H2. The Morgan fingerprint density at radius 2 is 1.62 bits per heavy atom. The van der Waals surface area contributed by atoms with Gasteiger partial charge in [0, 0.05) is 10.0 Å². The van der Waals surface area contributed by atoms with Gasteiger partial charge in [-0.2, -0.15) is 13.2 Å². The van der Waals surface area contributed by atoms with Crippen molar-refractivity contribution < 1.29 is 28.2 Å². The molecule has 4 nitrogen and oxygen atoms in total. The molecule has 0 aliphatic carbocycles. The SMILES string of the molecule is OC(c1ccc(C2=NOC(O)(C(F)(F)F)C2)cc1)c1cc(Cl)cc(Cl)c1. The maximum absolute atomic E-state index is 12.8. The van der Waals surface area contributed by atoms with Gasteiger partial charge in [-0.3, -0.25) is 0 Å². The molecule has 0 amide bonds. The van der Waals surface area contributed by atoms with Gasteiger partial charge in [0.1, 0.15) is 6.10 Å². The number of benzene rings is 2. The Labute approximate surface area is 156 Å². The molecule has 2 unspecified atom stereocenters. The van der Waals surface area contributed by atoms with Crippen LogP contribution in [-0.4, -0.2) is 27.9 Å². The average molecular weight is 406 g/mol. The van der Waals surface area contributed by atoms with Gasteiger partial charge < -0.3 is 15.1 Å². The van der Waals surface area contributed by atoms with Crippen molar-refractivity contribution in [3.05, 3.63) is 69.2 Å².